The third-order valence-corrected chi connectivity index (χ3v) is 5.70. The Kier molecular flexibility index (Phi) is 3.92. The summed E-state index contributed by atoms with van der Waals surface area (Å²) in [5.41, 5.74) is 0.942. The fourth-order valence-corrected chi connectivity index (χ4v) is 4.11. The van der Waals surface area contributed by atoms with E-state index < -0.39 is 10.0 Å². The summed E-state index contributed by atoms with van der Waals surface area (Å²) in [5, 5.41) is 3.98. The summed E-state index contributed by atoms with van der Waals surface area (Å²) < 4.78 is 31.9. The van der Waals surface area contributed by atoms with E-state index in [0.29, 0.717) is 31.1 Å². The van der Waals surface area contributed by atoms with Crippen molar-refractivity contribution < 1.29 is 12.9 Å². The second-order valence-electron chi connectivity index (χ2n) is 5.50. The zero-order valence-corrected chi connectivity index (χ0v) is 13.5. The number of rotatable bonds is 3. The molecule has 0 amide bonds. The first-order valence-corrected chi connectivity index (χ1v) is 8.66. The van der Waals surface area contributed by atoms with Gasteiger partial charge in [0.05, 0.1) is 4.90 Å². The van der Waals surface area contributed by atoms with Crippen molar-refractivity contribution in [2.75, 3.05) is 31.1 Å². The summed E-state index contributed by atoms with van der Waals surface area (Å²) in [6.07, 6.45) is 0. The lowest BCUT2D eigenvalue weighted by molar-refractivity contribution is 0.371. The van der Waals surface area contributed by atoms with Crippen LogP contribution in [-0.4, -0.2) is 44.1 Å². The second-order valence-corrected chi connectivity index (χ2v) is 7.44. The van der Waals surface area contributed by atoms with Gasteiger partial charge in [-0.2, -0.15) is 4.31 Å². The molecule has 0 atom stereocenters. The summed E-state index contributed by atoms with van der Waals surface area (Å²) in [4.78, 5) is 2.40. The Bertz CT molecular complexity index is 762. The number of piperazine rings is 1. The first-order valence-electron chi connectivity index (χ1n) is 7.22. The monoisotopic (exact) mass is 321 g/mol. The minimum atomic E-state index is -3.42. The Morgan fingerprint density at radius 1 is 1.09 bits per heavy atom. The van der Waals surface area contributed by atoms with Crippen molar-refractivity contribution in [1.82, 2.24) is 9.46 Å². The van der Waals surface area contributed by atoms with Crippen molar-refractivity contribution in [3.63, 3.8) is 0 Å². The van der Waals surface area contributed by atoms with Crippen LogP contribution in [0.25, 0.3) is 0 Å². The van der Waals surface area contributed by atoms with Crippen LogP contribution in [0, 0.1) is 13.8 Å². The largest absolute Gasteiger partial charge is 0.360 e. The van der Waals surface area contributed by atoms with E-state index >= 15 is 0 Å². The average Bonchev–Trinajstić information content (AvgIpc) is 2.94. The Balaban J connectivity index is 1.73. The molecule has 0 radical (unpaired) electrons. The highest BCUT2D eigenvalue weighted by Crippen LogP contribution is 2.21. The van der Waals surface area contributed by atoms with Gasteiger partial charge in [0.1, 0.15) is 5.76 Å². The lowest BCUT2D eigenvalue weighted by atomic mass is 10.2. The molecule has 1 saturated heterocycles. The Labute approximate surface area is 130 Å². The molecule has 2 aromatic rings. The molecule has 3 rings (SSSR count). The van der Waals surface area contributed by atoms with Crippen LogP contribution in [0.1, 0.15) is 11.3 Å². The first-order chi connectivity index (χ1) is 10.5. The maximum atomic E-state index is 12.7. The number of hydrogen-bond acceptors (Lipinski definition) is 5. The molecule has 0 aliphatic carbocycles. The topological polar surface area (TPSA) is 66.7 Å². The summed E-state index contributed by atoms with van der Waals surface area (Å²) >= 11 is 0. The Morgan fingerprint density at radius 2 is 1.82 bits per heavy atom. The van der Waals surface area contributed by atoms with Crippen LogP contribution >= 0.6 is 0 Å². The summed E-state index contributed by atoms with van der Waals surface area (Å²) in [6, 6.07) is 8.89. The molecule has 22 heavy (non-hydrogen) atoms. The van der Waals surface area contributed by atoms with Gasteiger partial charge in [-0.15, -0.1) is 0 Å². The number of sulfonamides is 1. The minimum absolute atomic E-state index is 0.359. The van der Waals surface area contributed by atoms with E-state index in [1.165, 1.54) is 4.31 Å². The lowest BCUT2D eigenvalue weighted by Gasteiger charge is -2.33. The molecule has 1 aromatic heterocycles. The molecule has 1 aliphatic rings. The van der Waals surface area contributed by atoms with Crippen LogP contribution < -0.4 is 4.90 Å². The third kappa shape index (κ3) is 2.86. The Hall–Kier alpha value is -1.86. The van der Waals surface area contributed by atoms with Crippen LogP contribution in [0.5, 0.6) is 0 Å². The molecule has 6 nitrogen and oxygen atoms in total. The quantitative estimate of drug-likeness (QED) is 0.862. The van der Waals surface area contributed by atoms with Crippen molar-refractivity contribution in [3.8, 4) is 0 Å². The van der Waals surface area contributed by atoms with Gasteiger partial charge in [0.2, 0.25) is 10.0 Å². The van der Waals surface area contributed by atoms with Crippen molar-refractivity contribution in [2.45, 2.75) is 18.7 Å². The van der Waals surface area contributed by atoms with Gasteiger partial charge < -0.3 is 9.42 Å². The summed E-state index contributed by atoms with van der Waals surface area (Å²) in [6.45, 7) is 5.84. The molecule has 1 fully saturated rings. The molecule has 1 aliphatic heterocycles. The van der Waals surface area contributed by atoms with Gasteiger partial charge in [0.25, 0.3) is 0 Å². The zero-order chi connectivity index (χ0) is 15.7. The molecule has 1 aromatic carbocycles. The maximum Gasteiger partial charge on any atom is 0.243 e. The van der Waals surface area contributed by atoms with Crippen LogP contribution in [-0.2, 0) is 10.0 Å². The number of aryl methyl sites for hydroxylation is 2. The fraction of sp³-hybridized carbons (Fsp3) is 0.400. The van der Waals surface area contributed by atoms with E-state index in [1.807, 2.05) is 30.9 Å². The molecule has 0 spiro atoms. The third-order valence-electron chi connectivity index (χ3n) is 3.81. The summed E-state index contributed by atoms with van der Waals surface area (Å²) in [5.74, 6) is 1.52. The van der Waals surface area contributed by atoms with E-state index in [4.69, 9.17) is 4.52 Å². The van der Waals surface area contributed by atoms with E-state index in [1.54, 1.807) is 18.2 Å². The molecule has 118 valence electrons. The van der Waals surface area contributed by atoms with Gasteiger partial charge in [-0.05, 0) is 31.5 Å². The van der Waals surface area contributed by atoms with Crippen LogP contribution in [0.3, 0.4) is 0 Å². The van der Waals surface area contributed by atoms with Crippen molar-refractivity contribution in [1.29, 1.82) is 0 Å². The predicted molar refractivity (Wildman–Crippen MR) is 83.4 cm³/mol. The molecular formula is C15H19N3O3S. The second kappa shape index (κ2) is 5.73. The van der Waals surface area contributed by atoms with E-state index in [2.05, 4.69) is 5.16 Å². The Morgan fingerprint density at radius 3 is 2.41 bits per heavy atom. The maximum absolute atomic E-state index is 12.7. The minimum Gasteiger partial charge on any atom is -0.360 e. The van der Waals surface area contributed by atoms with Gasteiger partial charge >= 0.3 is 0 Å². The molecule has 0 saturated carbocycles. The van der Waals surface area contributed by atoms with E-state index in [-0.39, 0.29) is 0 Å². The van der Waals surface area contributed by atoms with Gasteiger partial charge in [-0.1, -0.05) is 17.3 Å². The first kappa shape index (κ1) is 15.1. The highest BCUT2D eigenvalue weighted by Gasteiger charge is 2.29. The zero-order valence-electron chi connectivity index (χ0n) is 12.7. The van der Waals surface area contributed by atoms with Gasteiger partial charge in [0, 0.05) is 32.2 Å². The normalized spacial score (nSPS) is 16.9. The molecule has 7 heteroatoms. The number of benzene rings is 1. The SMILES string of the molecule is Cc1cccc(S(=O)(=O)N2CCN(c3cc(C)on3)CC2)c1. The highest BCUT2D eigenvalue weighted by molar-refractivity contribution is 7.89. The van der Waals surface area contributed by atoms with Crippen molar-refractivity contribution in [3.05, 3.63) is 41.7 Å². The number of nitrogens with zero attached hydrogens (tertiary/aromatic N) is 3. The van der Waals surface area contributed by atoms with E-state index in [9.17, 15) is 8.42 Å². The number of aromatic nitrogens is 1. The van der Waals surface area contributed by atoms with Gasteiger partial charge in [-0.3, -0.25) is 0 Å². The van der Waals surface area contributed by atoms with Crippen LogP contribution in [0.15, 0.2) is 39.8 Å². The standard InChI is InChI=1S/C15H19N3O3S/c1-12-4-3-5-14(10-12)22(19,20)18-8-6-17(7-9-18)15-11-13(2)21-16-15/h3-5,10-11H,6-9H2,1-2H3. The van der Waals surface area contributed by atoms with Crippen molar-refractivity contribution in [2.24, 2.45) is 0 Å². The molecule has 0 unspecified atom stereocenters. The fourth-order valence-electron chi connectivity index (χ4n) is 2.58. The predicted octanol–water partition coefficient (Wildman–Crippen LogP) is 1.80. The smallest absolute Gasteiger partial charge is 0.243 e. The van der Waals surface area contributed by atoms with E-state index in [0.717, 1.165) is 17.1 Å². The average molecular weight is 321 g/mol. The number of anilines is 1. The van der Waals surface area contributed by atoms with Crippen LogP contribution in [0.2, 0.25) is 0 Å². The molecule has 0 bridgehead atoms. The summed E-state index contributed by atoms with van der Waals surface area (Å²) in [7, 11) is -3.42. The molecular weight excluding hydrogens is 302 g/mol. The number of hydrogen-bond donors (Lipinski definition) is 0. The molecule has 0 N–H and O–H groups in total. The van der Waals surface area contributed by atoms with Gasteiger partial charge in [-0.25, -0.2) is 8.42 Å². The molecule has 2 heterocycles. The highest BCUT2D eigenvalue weighted by atomic mass is 32.2. The van der Waals surface area contributed by atoms with Crippen molar-refractivity contribution >= 4 is 15.8 Å². The van der Waals surface area contributed by atoms with Crippen LogP contribution in [0.4, 0.5) is 5.82 Å². The lowest BCUT2D eigenvalue weighted by Crippen LogP contribution is -2.48. The van der Waals surface area contributed by atoms with Gasteiger partial charge in [0.15, 0.2) is 5.82 Å².